The van der Waals surface area contributed by atoms with Gasteiger partial charge in [-0.1, -0.05) is 49.1 Å². The van der Waals surface area contributed by atoms with Gasteiger partial charge in [-0.2, -0.15) is 0 Å². The molecule has 0 aromatic heterocycles. The van der Waals surface area contributed by atoms with Crippen LogP contribution in [0, 0.1) is 0 Å². The number of sulfonamides is 1. The van der Waals surface area contributed by atoms with E-state index in [1.54, 1.807) is 0 Å². The third-order valence-corrected chi connectivity index (χ3v) is 7.48. The largest absolute Gasteiger partial charge is 0.379 e. The Morgan fingerprint density at radius 2 is 1.84 bits per heavy atom. The molecule has 1 saturated heterocycles. The first kappa shape index (κ1) is 19.1. The maximum atomic E-state index is 12.7. The number of hydrogen-bond acceptors (Lipinski definition) is 4. The zero-order valence-electron chi connectivity index (χ0n) is 14.5. The number of benzene rings is 1. The highest BCUT2D eigenvalue weighted by Gasteiger charge is 2.30. The van der Waals surface area contributed by atoms with Crippen LogP contribution in [0.5, 0.6) is 0 Å². The lowest BCUT2D eigenvalue weighted by Crippen LogP contribution is -2.45. The maximum Gasteiger partial charge on any atom is 0.214 e. The predicted molar refractivity (Wildman–Crippen MR) is 100 cm³/mol. The van der Waals surface area contributed by atoms with Crippen molar-refractivity contribution < 1.29 is 13.2 Å². The SMILES string of the molecule is O=S(=O)(NCC(c1ccccc1Cl)N1CCOCC1)C1CCCCC1. The number of nitrogens with one attached hydrogen (secondary N) is 1. The Morgan fingerprint density at radius 3 is 2.52 bits per heavy atom. The highest BCUT2D eigenvalue weighted by atomic mass is 35.5. The Bertz CT molecular complexity index is 656. The molecule has 5 nitrogen and oxygen atoms in total. The molecule has 1 saturated carbocycles. The van der Waals surface area contributed by atoms with E-state index in [0.717, 1.165) is 50.8 Å². The van der Waals surface area contributed by atoms with E-state index in [9.17, 15) is 8.42 Å². The van der Waals surface area contributed by atoms with Crippen LogP contribution in [0.15, 0.2) is 24.3 Å². The third kappa shape index (κ3) is 4.95. The lowest BCUT2D eigenvalue weighted by molar-refractivity contribution is 0.0172. The van der Waals surface area contributed by atoms with Gasteiger partial charge in [0.05, 0.1) is 18.5 Å². The van der Waals surface area contributed by atoms with Crippen LogP contribution in [0.3, 0.4) is 0 Å². The third-order valence-electron chi connectivity index (χ3n) is 5.22. The summed E-state index contributed by atoms with van der Waals surface area (Å²) in [6, 6.07) is 7.62. The number of hydrogen-bond donors (Lipinski definition) is 1. The number of rotatable bonds is 6. The first-order chi connectivity index (χ1) is 12.1. The molecule has 1 aromatic carbocycles. The molecule has 0 radical (unpaired) electrons. The maximum absolute atomic E-state index is 12.7. The summed E-state index contributed by atoms with van der Waals surface area (Å²) in [6.45, 7) is 3.23. The van der Waals surface area contributed by atoms with Crippen LogP contribution in [0.1, 0.15) is 43.7 Å². The molecule has 0 spiro atoms. The van der Waals surface area contributed by atoms with Gasteiger partial charge in [0.2, 0.25) is 10.0 Å². The van der Waals surface area contributed by atoms with E-state index in [1.165, 1.54) is 0 Å². The second-order valence-corrected chi connectivity index (χ2v) is 9.29. The van der Waals surface area contributed by atoms with Crippen LogP contribution in [0.25, 0.3) is 0 Å². The lowest BCUT2D eigenvalue weighted by atomic mass is 10.0. The Kier molecular flexibility index (Phi) is 6.74. The zero-order valence-corrected chi connectivity index (χ0v) is 16.1. The van der Waals surface area contributed by atoms with Gasteiger partial charge in [0.25, 0.3) is 0 Å². The molecular weight excluding hydrogens is 360 g/mol. The van der Waals surface area contributed by atoms with Gasteiger partial charge in [-0.05, 0) is 24.5 Å². The topological polar surface area (TPSA) is 58.6 Å². The second kappa shape index (κ2) is 8.82. The molecule has 25 heavy (non-hydrogen) atoms. The van der Waals surface area contributed by atoms with Gasteiger partial charge in [-0.25, -0.2) is 13.1 Å². The molecule has 1 aliphatic carbocycles. The van der Waals surface area contributed by atoms with Gasteiger partial charge in [0.15, 0.2) is 0 Å². The van der Waals surface area contributed by atoms with Crippen LogP contribution >= 0.6 is 11.6 Å². The fourth-order valence-electron chi connectivity index (χ4n) is 3.76. The van der Waals surface area contributed by atoms with Crippen molar-refractivity contribution in [3.63, 3.8) is 0 Å². The van der Waals surface area contributed by atoms with Crippen molar-refractivity contribution in [1.29, 1.82) is 0 Å². The molecule has 140 valence electrons. The minimum Gasteiger partial charge on any atom is -0.379 e. The molecule has 2 fully saturated rings. The molecule has 7 heteroatoms. The van der Waals surface area contributed by atoms with E-state index in [4.69, 9.17) is 16.3 Å². The zero-order chi connectivity index (χ0) is 17.7. The predicted octanol–water partition coefficient (Wildman–Crippen LogP) is 2.97. The van der Waals surface area contributed by atoms with Gasteiger partial charge in [0.1, 0.15) is 0 Å². The van der Waals surface area contributed by atoms with Gasteiger partial charge in [-0.15, -0.1) is 0 Å². The van der Waals surface area contributed by atoms with Gasteiger partial charge in [0, 0.05) is 30.7 Å². The molecule has 1 aliphatic heterocycles. The summed E-state index contributed by atoms with van der Waals surface area (Å²) in [5.74, 6) is 0. The van der Waals surface area contributed by atoms with Crippen molar-refractivity contribution in [2.75, 3.05) is 32.8 Å². The minimum absolute atomic E-state index is 0.0732. The first-order valence-corrected chi connectivity index (χ1v) is 11.0. The molecule has 0 bridgehead atoms. The summed E-state index contributed by atoms with van der Waals surface area (Å²) >= 11 is 6.40. The Morgan fingerprint density at radius 1 is 1.16 bits per heavy atom. The van der Waals surface area contributed by atoms with E-state index in [1.807, 2.05) is 24.3 Å². The highest BCUT2D eigenvalue weighted by molar-refractivity contribution is 7.90. The molecule has 0 amide bonds. The number of nitrogens with zero attached hydrogens (tertiary/aromatic N) is 1. The number of morpholine rings is 1. The summed E-state index contributed by atoms with van der Waals surface area (Å²) in [4.78, 5) is 2.26. The van der Waals surface area contributed by atoms with E-state index < -0.39 is 10.0 Å². The Labute approximate surface area is 155 Å². The summed E-state index contributed by atoms with van der Waals surface area (Å²) in [7, 11) is -3.29. The van der Waals surface area contributed by atoms with E-state index in [2.05, 4.69) is 9.62 Å². The normalized spacial score (nSPS) is 22.0. The van der Waals surface area contributed by atoms with Crippen LogP contribution in [0.2, 0.25) is 5.02 Å². The van der Waals surface area contributed by atoms with Gasteiger partial charge < -0.3 is 4.74 Å². The molecule has 3 rings (SSSR count). The highest BCUT2D eigenvalue weighted by Crippen LogP contribution is 2.29. The molecule has 2 aliphatic rings. The van der Waals surface area contributed by atoms with Crippen LogP contribution in [0.4, 0.5) is 0 Å². The van der Waals surface area contributed by atoms with Crippen LogP contribution < -0.4 is 4.72 Å². The van der Waals surface area contributed by atoms with Crippen molar-refractivity contribution in [3.8, 4) is 0 Å². The summed E-state index contributed by atoms with van der Waals surface area (Å²) in [5, 5.41) is 0.425. The van der Waals surface area contributed by atoms with Crippen molar-refractivity contribution >= 4 is 21.6 Å². The van der Waals surface area contributed by atoms with Crippen molar-refractivity contribution in [1.82, 2.24) is 9.62 Å². The average Bonchev–Trinajstić information content (AvgIpc) is 2.65. The molecule has 1 N–H and O–H groups in total. The van der Waals surface area contributed by atoms with Crippen molar-refractivity contribution in [2.45, 2.75) is 43.4 Å². The quantitative estimate of drug-likeness (QED) is 0.816. The minimum atomic E-state index is -3.29. The standard InChI is InChI=1S/C18H27ClN2O3S/c19-17-9-5-4-8-16(17)18(21-10-12-24-13-11-21)14-20-25(22,23)15-6-2-1-3-7-15/h4-5,8-9,15,18,20H,1-3,6-7,10-14H2. The average molecular weight is 387 g/mol. The monoisotopic (exact) mass is 386 g/mol. The summed E-state index contributed by atoms with van der Waals surface area (Å²) < 4.78 is 33.7. The number of halogens is 1. The van der Waals surface area contributed by atoms with Crippen molar-refractivity contribution in [3.05, 3.63) is 34.9 Å². The molecule has 1 heterocycles. The van der Waals surface area contributed by atoms with E-state index in [0.29, 0.717) is 24.8 Å². The Hall–Kier alpha value is -0.660. The van der Waals surface area contributed by atoms with Crippen molar-refractivity contribution in [2.24, 2.45) is 0 Å². The first-order valence-electron chi connectivity index (χ1n) is 9.12. The Balaban J connectivity index is 1.74. The fraction of sp³-hybridized carbons (Fsp3) is 0.667. The fourth-order valence-corrected chi connectivity index (χ4v) is 5.60. The van der Waals surface area contributed by atoms with E-state index in [-0.39, 0.29) is 11.3 Å². The van der Waals surface area contributed by atoms with E-state index >= 15 is 0 Å². The van der Waals surface area contributed by atoms with Crippen LogP contribution in [-0.2, 0) is 14.8 Å². The molecule has 1 atom stereocenters. The molecule has 1 unspecified atom stereocenters. The lowest BCUT2D eigenvalue weighted by Gasteiger charge is -2.35. The van der Waals surface area contributed by atoms with Gasteiger partial charge in [-0.3, -0.25) is 4.90 Å². The second-order valence-electron chi connectivity index (χ2n) is 6.84. The molecular formula is C18H27ClN2O3S. The number of ether oxygens (including phenoxy) is 1. The van der Waals surface area contributed by atoms with Gasteiger partial charge >= 0.3 is 0 Å². The summed E-state index contributed by atoms with van der Waals surface area (Å²) in [5.41, 5.74) is 0.970. The summed E-state index contributed by atoms with van der Waals surface area (Å²) in [6.07, 6.45) is 4.68. The molecule has 1 aromatic rings. The van der Waals surface area contributed by atoms with Crippen LogP contribution in [-0.4, -0.2) is 51.4 Å². The smallest absolute Gasteiger partial charge is 0.214 e.